The average Bonchev–Trinajstić information content (AvgIpc) is 2.73. The van der Waals surface area contributed by atoms with Crippen molar-refractivity contribution in [2.75, 3.05) is 7.05 Å². The second-order valence-electron chi connectivity index (χ2n) is 5.78. The highest BCUT2D eigenvalue weighted by Crippen LogP contribution is 2.32. The molecule has 1 fully saturated rings. The molecule has 0 radical (unpaired) electrons. The van der Waals surface area contributed by atoms with Crippen LogP contribution in [0.4, 0.5) is 0 Å². The van der Waals surface area contributed by atoms with Gasteiger partial charge in [-0.2, -0.15) is 0 Å². The molecule has 2 unspecified atom stereocenters. The maximum absolute atomic E-state index is 12.6. The van der Waals surface area contributed by atoms with Gasteiger partial charge in [-0.05, 0) is 51.7 Å². The van der Waals surface area contributed by atoms with Gasteiger partial charge in [-0.1, -0.05) is 19.8 Å². The summed E-state index contributed by atoms with van der Waals surface area (Å²) in [6.45, 7) is 2.82. The van der Waals surface area contributed by atoms with Gasteiger partial charge in [-0.25, -0.2) is 0 Å². The van der Waals surface area contributed by atoms with E-state index in [0.29, 0.717) is 12.5 Å². The zero-order valence-corrected chi connectivity index (χ0v) is 13.9. The van der Waals surface area contributed by atoms with Gasteiger partial charge in [-0.15, -0.1) is 11.3 Å². The van der Waals surface area contributed by atoms with Crippen LogP contribution < -0.4 is 5.73 Å². The summed E-state index contributed by atoms with van der Waals surface area (Å²) in [5, 5.41) is 2.07. The van der Waals surface area contributed by atoms with Gasteiger partial charge in [0.15, 0.2) is 0 Å². The topological polar surface area (TPSA) is 46.3 Å². The molecule has 0 aliphatic heterocycles. The number of hydrogen-bond donors (Lipinski definition) is 1. The number of carbonyl (C=O) groups is 1. The molecule has 0 bridgehead atoms. The van der Waals surface area contributed by atoms with E-state index in [9.17, 15) is 4.79 Å². The Balaban J connectivity index is 2.01. The standard InChI is InChI=1S/C14H21BrN2OS/c1-10-4-3-5-14(16,7-10)13(18)17(2)8-11-6-12(15)19-9-11/h6,9-10H,3-5,7-8,16H2,1-2H3. The molecule has 2 atom stereocenters. The van der Waals surface area contributed by atoms with E-state index in [1.54, 1.807) is 16.2 Å². The molecule has 1 aromatic rings. The highest BCUT2D eigenvalue weighted by atomic mass is 79.9. The second-order valence-corrected chi connectivity index (χ2v) is 8.07. The average molecular weight is 345 g/mol. The molecule has 2 rings (SSSR count). The zero-order valence-electron chi connectivity index (χ0n) is 11.5. The Hall–Kier alpha value is -0.390. The van der Waals surface area contributed by atoms with E-state index in [1.165, 1.54) is 6.42 Å². The Morgan fingerprint density at radius 2 is 2.42 bits per heavy atom. The summed E-state index contributed by atoms with van der Waals surface area (Å²) in [4.78, 5) is 14.3. The number of nitrogens with zero attached hydrogens (tertiary/aromatic N) is 1. The smallest absolute Gasteiger partial charge is 0.242 e. The molecule has 19 heavy (non-hydrogen) atoms. The van der Waals surface area contributed by atoms with Gasteiger partial charge in [0.25, 0.3) is 0 Å². The van der Waals surface area contributed by atoms with Crippen LogP contribution in [0.15, 0.2) is 15.2 Å². The van der Waals surface area contributed by atoms with Crippen LogP contribution in [0.1, 0.15) is 38.2 Å². The van der Waals surface area contributed by atoms with E-state index in [4.69, 9.17) is 5.73 Å². The Labute approximate surface area is 127 Å². The highest BCUT2D eigenvalue weighted by molar-refractivity contribution is 9.11. The Kier molecular flexibility index (Phi) is 4.69. The SMILES string of the molecule is CC1CCCC(N)(C(=O)N(C)Cc2csc(Br)c2)C1. The van der Waals surface area contributed by atoms with Gasteiger partial charge in [0.1, 0.15) is 0 Å². The van der Waals surface area contributed by atoms with Gasteiger partial charge >= 0.3 is 0 Å². The number of likely N-dealkylation sites (N-methyl/N-ethyl adjacent to an activating group) is 1. The molecule has 106 valence electrons. The minimum Gasteiger partial charge on any atom is -0.340 e. The molecule has 5 heteroatoms. The molecule has 1 amide bonds. The molecule has 0 aromatic carbocycles. The van der Waals surface area contributed by atoms with Crippen LogP contribution in [-0.4, -0.2) is 23.4 Å². The lowest BCUT2D eigenvalue weighted by atomic mass is 9.76. The minimum atomic E-state index is -0.653. The van der Waals surface area contributed by atoms with Crippen LogP contribution in [0.25, 0.3) is 0 Å². The molecule has 3 nitrogen and oxygen atoms in total. The number of carbonyl (C=O) groups excluding carboxylic acids is 1. The molecule has 0 spiro atoms. The summed E-state index contributed by atoms with van der Waals surface area (Å²) < 4.78 is 1.09. The third kappa shape index (κ3) is 3.58. The van der Waals surface area contributed by atoms with E-state index < -0.39 is 5.54 Å². The fourth-order valence-electron chi connectivity index (χ4n) is 2.94. The van der Waals surface area contributed by atoms with Crippen molar-refractivity contribution in [1.82, 2.24) is 4.90 Å². The largest absolute Gasteiger partial charge is 0.340 e. The Morgan fingerprint density at radius 1 is 1.68 bits per heavy atom. The summed E-state index contributed by atoms with van der Waals surface area (Å²) in [6.07, 6.45) is 3.87. The number of amides is 1. The van der Waals surface area contributed by atoms with E-state index in [2.05, 4.69) is 34.3 Å². The molecular weight excluding hydrogens is 324 g/mol. The second kappa shape index (κ2) is 5.94. The molecule has 1 aromatic heterocycles. The maximum atomic E-state index is 12.6. The first kappa shape index (κ1) is 15.0. The van der Waals surface area contributed by atoms with Gasteiger partial charge in [0.2, 0.25) is 5.91 Å². The minimum absolute atomic E-state index is 0.0846. The van der Waals surface area contributed by atoms with Crippen LogP contribution in [0.3, 0.4) is 0 Å². The molecule has 2 N–H and O–H groups in total. The predicted molar refractivity (Wildman–Crippen MR) is 83.0 cm³/mol. The van der Waals surface area contributed by atoms with Gasteiger partial charge in [0.05, 0.1) is 9.33 Å². The van der Waals surface area contributed by atoms with Gasteiger partial charge < -0.3 is 10.6 Å². The fourth-order valence-corrected chi connectivity index (χ4v) is 4.14. The van der Waals surface area contributed by atoms with E-state index >= 15 is 0 Å². The van der Waals surface area contributed by atoms with Crippen molar-refractivity contribution in [1.29, 1.82) is 0 Å². The lowest BCUT2D eigenvalue weighted by Gasteiger charge is -2.38. The monoisotopic (exact) mass is 344 g/mol. The van der Waals surface area contributed by atoms with Crippen molar-refractivity contribution >= 4 is 33.2 Å². The number of hydrogen-bond acceptors (Lipinski definition) is 3. The Morgan fingerprint density at radius 3 is 3.00 bits per heavy atom. The summed E-state index contributed by atoms with van der Waals surface area (Å²) in [5.74, 6) is 0.632. The summed E-state index contributed by atoms with van der Waals surface area (Å²) >= 11 is 5.09. The molecule has 0 saturated heterocycles. The molecular formula is C14H21BrN2OS. The van der Waals surface area contributed by atoms with Gasteiger partial charge in [0, 0.05) is 13.6 Å². The van der Waals surface area contributed by atoms with E-state index in [0.717, 1.165) is 28.6 Å². The number of halogens is 1. The molecule has 1 heterocycles. The van der Waals surface area contributed by atoms with Crippen molar-refractivity contribution in [3.05, 3.63) is 20.8 Å². The lowest BCUT2D eigenvalue weighted by molar-refractivity contribution is -0.138. The maximum Gasteiger partial charge on any atom is 0.242 e. The first-order valence-corrected chi connectivity index (χ1v) is 8.35. The predicted octanol–water partition coefficient (Wildman–Crippen LogP) is 3.38. The lowest BCUT2D eigenvalue weighted by Crippen LogP contribution is -2.56. The fraction of sp³-hybridized carbons (Fsp3) is 0.643. The van der Waals surface area contributed by atoms with Crippen LogP contribution in [0, 0.1) is 5.92 Å². The number of thiophene rings is 1. The van der Waals surface area contributed by atoms with Crippen molar-refractivity contribution in [2.45, 2.75) is 44.7 Å². The molecule has 1 aliphatic carbocycles. The first-order chi connectivity index (χ1) is 8.90. The first-order valence-electron chi connectivity index (χ1n) is 6.68. The van der Waals surface area contributed by atoms with Crippen molar-refractivity contribution in [2.24, 2.45) is 11.7 Å². The highest BCUT2D eigenvalue weighted by Gasteiger charge is 2.39. The van der Waals surface area contributed by atoms with Crippen LogP contribution in [0.2, 0.25) is 0 Å². The Bertz CT molecular complexity index is 462. The van der Waals surface area contributed by atoms with Crippen molar-refractivity contribution < 1.29 is 4.79 Å². The third-order valence-electron chi connectivity index (χ3n) is 3.85. The van der Waals surface area contributed by atoms with Crippen LogP contribution in [0.5, 0.6) is 0 Å². The molecule has 1 aliphatic rings. The summed E-state index contributed by atoms with van der Waals surface area (Å²) in [7, 11) is 1.85. The summed E-state index contributed by atoms with van der Waals surface area (Å²) in [5.41, 5.74) is 6.85. The van der Waals surface area contributed by atoms with Crippen molar-refractivity contribution in [3.63, 3.8) is 0 Å². The van der Waals surface area contributed by atoms with E-state index in [1.807, 2.05) is 7.05 Å². The summed E-state index contributed by atoms with van der Waals surface area (Å²) in [6, 6.07) is 2.06. The van der Waals surface area contributed by atoms with Crippen molar-refractivity contribution in [3.8, 4) is 0 Å². The molecule has 1 saturated carbocycles. The van der Waals surface area contributed by atoms with E-state index in [-0.39, 0.29) is 5.91 Å². The van der Waals surface area contributed by atoms with Gasteiger partial charge in [-0.3, -0.25) is 4.79 Å². The number of nitrogens with two attached hydrogens (primary N) is 1. The zero-order chi connectivity index (χ0) is 14.0. The normalized spacial score (nSPS) is 27.3. The third-order valence-corrected chi connectivity index (χ3v) is 5.40. The van der Waals surface area contributed by atoms with Crippen LogP contribution >= 0.6 is 27.3 Å². The quantitative estimate of drug-likeness (QED) is 0.913. The van der Waals surface area contributed by atoms with Crippen LogP contribution in [-0.2, 0) is 11.3 Å². The number of rotatable bonds is 3.